The number of para-hydroxylation sites is 1. The van der Waals surface area contributed by atoms with Gasteiger partial charge in [-0.25, -0.2) is 4.79 Å². The molecule has 0 saturated heterocycles. The van der Waals surface area contributed by atoms with Crippen LogP contribution in [0.2, 0.25) is 0 Å². The second-order valence-electron chi connectivity index (χ2n) is 5.46. The Morgan fingerprint density at radius 3 is 2.78 bits per heavy atom. The van der Waals surface area contributed by atoms with Gasteiger partial charge in [0.05, 0.1) is 11.3 Å². The third kappa shape index (κ3) is 3.68. The average molecular weight is 318 g/mol. The van der Waals surface area contributed by atoms with Crippen molar-refractivity contribution >= 4 is 23.5 Å². The molecule has 1 aromatic carbocycles. The van der Waals surface area contributed by atoms with Crippen LogP contribution >= 0.6 is 0 Å². The SMILES string of the molecule is C=C(C)CC(NC(=O)c1cccc2c1OC(C)C(=O)N2)C(=O)O. The van der Waals surface area contributed by atoms with E-state index in [1.54, 1.807) is 26.0 Å². The predicted molar refractivity (Wildman–Crippen MR) is 83.5 cm³/mol. The molecule has 2 amide bonds. The number of amides is 2. The maximum Gasteiger partial charge on any atom is 0.326 e. The number of benzene rings is 1. The van der Waals surface area contributed by atoms with Gasteiger partial charge in [-0.05, 0) is 32.4 Å². The molecule has 1 aliphatic heterocycles. The topological polar surface area (TPSA) is 105 Å². The molecule has 0 saturated carbocycles. The molecule has 23 heavy (non-hydrogen) atoms. The maximum absolute atomic E-state index is 12.4. The monoisotopic (exact) mass is 318 g/mol. The first kappa shape index (κ1) is 16.5. The number of carboxylic acids is 1. The molecule has 0 spiro atoms. The van der Waals surface area contributed by atoms with Crippen LogP contribution in [-0.4, -0.2) is 35.0 Å². The molecule has 0 aliphatic carbocycles. The van der Waals surface area contributed by atoms with Gasteiger partial charge in [-0.2, -0.15) is 0 Å². The van der Waals surface area contributed by atoms with E-state index in [0.717, 1.165) is 0 Å². The number of hydrogen-bond acceptors (Lipinski definition) is 4. The van der Waals surface area contributed by atoms with Crippen molar-refractivity contribution in [2.24, 2.45) is 0 Å². The summed E-state index contributed by atoms with van der Waals surface area (Å²) >= 11 is 0. The van der Waals surface area contributed by atoms with Crippen molar-refractivity contribution < 1.29 is 24.2 Å². The number of aliphatic carboxylic acids is 1. The van der Waals surface area contributed by atoms with Crippen molar-refractivity contribution in [1.29, 1.82) is 0 Å². The largest absolute Gasteiger partial charge is 0.480 e. The summed E-state index contributed by atoms with van der Waals surface area (Å²) in [5.74, 6) is -1.80. The molecule has 2 atom stereocenters. The smallest absolute Gasteiger partial charge is 0.326 e. The summed E-state index contributed by atoms with van der Waals surface area (Å²) in [4.78, 5) is 35.2. The van der Waals surface area contributed by atoms with E-state index in [4.69, 9.17) is 4.74 Å². The Labute approximate surface area is 133 Å². The van der Waals surface area contributed by atoms with Crippen molar-refractivity contribution in [2.45, 2.75) is 32.4 Å². The Balaban J connectivity index is 2.26. The van der Waals surface area contributed by atoms with Crippen LogP contribution in [0.15, 0.2) is 30.4 Å². The Morgan fingerprint density at radius 1 is 1.48 bits per heavy atom. The van der Waals surface area contributed by atoms with Crippen LogP contribution in [-0.2, 0) is 9.59 Å². The zero-order chi connectivity index (χ0) is 17.1. The molecule has 2 rings (SSSR count). The summed E-state index contributed by atoms with van der Waals surface area (Å²) in [7, 11) is 0. The molecular weight excluding hydrogens is 300 g/mol. The molecule has 1 heterocycles. The van der Waals surface area contributed by atoms with Crippen LogP contribution in [0.4, 0.5) is 5.69 Å². The van der Waals surface area contributed by atoms with Gasteiger partial charge in [-0.1, -0.05) is 11.6 Å². The minimum atomic E-state index is -1.14. The normalized spacial score (nSPS) is 17.3. The van der Waals surface area contributed by atoms with E-state index in [-0.39, 0.29) is 23.6 Å². The van der Waals surface area contributed by atoms with Gasteiger partial charge in [0.15, 0.2) is 11.9 Å². The van der Waals surface area contributed by atoms with E-state index in [1.165, 1.54) is 6.07 Å². The molecule has 2 unspecified atom stereocenters. The fraction of sp³-hybridized carbons (Fsp3) is 0.312. The number of carbonyl (C=O) groups is 3. The highest BCUT2D eigenvalue weighted by Crippen LogP contribution is 2.33. The minimum absolute atomic E-state index is 0.129. The summed E-state index contributed by atoms with van der Waals surface area (Å²) in [6, 6.07) is 3.63. The van der Waals surface area contributed by atoms with Crippen LogP contribution in [0.3, 0.4) is 0 Å². The highest BCUT2D eigenvalue weighted by Gasteiger charge is 2.29. The first-order valence-electron chi connectivity index (χ1n) is 7.08. The van der Waals surface area contributed by atoms with Gasteiger partial charge in [0.2, 0.25) is 0 Å². The Morgan fingerprint density at radius 2 is 2.17 bits per heavy atom. The van der Waals surface area contributed by atoms with E-state index < -0.39 is 24.0 Å². The number of carbonyl (C=O) groups excluding carboxylic acids is 2. The molecule has 122 valence electrons. The van der Waals surface area contributed by atoms with Crippen molar-refractivity contribution in [1.82, 2.24) is 5.32 Å². The van der Waals surface area contributed by atoms with Crippen LogP contribution in [0, 0.1) is 0 Å². The molecule has 0 radical (unpaired) electrons. The number of rotatable bonds is 5. The number of anilines is 1. The van der Waals surface area contributed by atoms with Crippen LogP contribution in [0.5, 0.6) is 5.75 Å². The zero-order valence-corrected chi connectivity index (χ0v) is 12.9. The quantitative estimate of drug-likeness (QED) is 0.715. The van der Waals surface area contributed by atoms with Crippen molar-refractivity contribution in [3.63, 3.8) is 0 Å². The lowest BCUT2D eigenvalue weighted by Gasteiger charge is -2.25. The highest BCUT2D eigenvalue weighted by atomic mass is 16.5. The number of carboxylic acid groups (broad SMARTS) is 1. The second kappa shape index (κ2) is 6.51. The van der Waals surface area contributed by atoms with E-state index in [0.29, 0.717) is 11.3 Å². The van der Waals surface area contributed by atoms with Gasteiger partial charge in [0.25, 0.3) is 11.8 Å². The maximum atomic E-state index is 12.4. The summed E-state index contributed by atoms with van der Waals surface area (Å²) in [6.07, 6.45) is -0.605. The van der Waals surface area contributed by atoms with E-state index in [1.807, 2.05) is 0 Å². The van der Waals surface area contributed by atoms with Gasteiger partial charge in [-0.3, -0.25) is 9.59 Å². The van der Waals surface area contributed by atoms with Gasteiger partial charge in [0, 0.05) is 0 Å². The molecular formula is C16H18N2O5. The van der Waals surface area contributed by atoms with Crippen LogP contribution in [0.25, 0.3) is 0 Å². The predicted octanol–water partition coefficient (Wildman–Crippen LogP) is 1.56. The second-order valence-corrected chi connectivity index (χ2v) is 5.46. The zero-order valence-electron chi connectivity index (χ0n) is 12.9. The van der Waals surface area contributed by atoms with Crippen LogP contribution < -0.4 is 15.4 Å². The van der Waals surface area contributed by atoms with Gasteiger partial charge in [-0.15, -0.1) is 6.58 Å². The van der Waals surface area contributed by atoms with Crippen molar-refractivity contribution in [3.8, 4) is 5.75 Å². The van der Waals surface area contributed by atoms with E-state index in [2.05, 4.69) is 17.2 Å². The fourth-order valence-electron chi connectivity index (χ4n) is 2.19. The van der Waals surface area contributed by atoms with Crippen molar-refractivity contribution in [2.75, 3.05) is 5.32 Å². The van der Waals surface area contributed by atoms with E-state index in [9.17, 15) is 19.5 Å². The molecule has 7 nitrogen and oxygen atoms in total. The summed E-state index contributed by atoms with van der Waals surface area (Å²) in [5.41, 5.74) is 1.19. The lowest BCUT2D eigenvalue weighted by molar-refractivity contribution is -0.139. The number of hydrogen-bond donors (Lipinski definition) is 3. The minimum Gasteiger partial charge on any atom is -0.480 e. The summed E-state index contributed by atoms with van der Waals surface area (Å²) in [6.45, 7) is 6.91. The molecule has 1 aromatic rings. The molecule has 3 N–H and O–H groups in total. The lowest BCUT2D eigenvalue weighted by atomic mass is 10.1. The van der Waals surface area contributed by atoms with Crippen LogP contribution in [0.1, 0.15) is 30.6 Å². The summed E-state index contributed by atoms with van der Waals surface area (Å²) < 4.78 is 5.48. The third-order valence-corrected chi connectivity index (χ3v) is 3.34. The third-order valence-electron chi connectivity index (χ3n) is 3.34. The molecule has 0 bridgehead atoms. The lowest BCUT2D eigenvalue weighted by Crippen LogP contribution is -2.42. The number of fused-ring (bicyclic) bond motifs is 1. The van der Waals surface area contributed by atoms with E-state index >= 15 is 0 Å². The molecule has 7 heteroatoms. The standard InChI is InChI=1S/C16H18N2O5/c1-8(2)7-12(16(21)22)18-15(20)10-5-4-6-11-13(10)23-9(3)14(19)17-11/h4-6,9,12H,1,7H2,2-3H3,(H,17,19)(H,18,20)(H,21,22). The Bertz CT molecular complexity index is 683. The number of nitrogens with one attached hydrogen (secondary N) is 2. The Hall–Kier alpha value is -2.83. The summed E-state index contributed by atoms with van der Waals surface area (Å²) in [5, 5.41) is 14.3. The Kier molecular flexibility index (Phi) is 4.68. The number of ether oxygens (including phenoxy) is 1. The first-order valence-corrected chi connectivity index (χ1v) is 7.08. The highest BCUT2D eigenvalue weighted by molar-refractivity contribution is 6.04. The first-order chi connectivity index (χ1) is 10.8. The van der Waals surface area contributed by atoms with Gasteiger partial charge < -0.3 is 20.5 Å². The molecule has 0 aromatic heterocycles. The fourth-order valence-corrected chi connectivity index (χ4v) is 2.19. The molecule has 0 fully saturated rings. The van der Waals surface area contributed by atoms with Crippen molar-refractivity contribution in [3.05, 3.63) is 35.9 Å². The average Bonchev–Trinajstić information content (AvgIpc) is 2.46. The molecule has 1 aliphatic rings. The van der Waals surface area contributed by atoms with Gasteiger partial charge in [0.1, 0.15) is 6.04 Å². The van der Waals surface area contributed by atoms with Gasteiger partial charge >= 0.3 is 5.97 Å².